The summed E-state index contributed by atoms with van der Waals surface area (Å²) in [5.41, 5.74) is 0.629. The molecule has 2 aromatic rings. The zero-order valence-electron chi connectivity index (χ0n) is 11.8. The summed E-state index contributed by atoms with van der Waals surface area (Å²) in [5.74, 6) is 0.784. The lowest BCUT2D eigenvalue weighted by Crippen LogP contribution is -2.32. The van der Waals surface area contributed by atoms with Crippen LogP contribution in [0.5, 0.6) is 5.75 Å². The Morgan fingerprint density at radius 3 is 2.43 bits per heavy atom. The van der Waals surface area contributed by atoms with Crippen LogP contribution in [0.1, 0.15) is 16.3 Å². The van der Waals surface area contributed by atoms with Gasteiger partial charge in [0, 0.05) is 5.69 Å². The first-order valence-electron chi connectivity index (χ1n) is 6.37. The highest BCUT2D eigenvalue weighted by Crippen LogP contribution is 2.14. The smallest absolute Gasteiger partial charge is 0.287 e. The molecule has 21 heavy (non-hydrogen) atoms. The van der Waals surface area contributed by atoms with Crippen LogP contribution in [0.2, 0.25) is 0 Å². The molecule has 1 aromatic heterocycles. The molecule has 6 heteroatoms. The molecule has 0 unspecified atom stereocenters. The lowest BCUT2D eigenvalue weighted by atomic mass is 10.3. The summed E-state index contributed by atoms with van der Waals surface area (Å²) in [5, 5.41) is 5.15. The summed E-state index contributed by atoms with van der Waals surface area (Å²) in [6, 6.07) is 10.2. The molecule has 1 aromatic carbocycles. The van der Waals surface area contributed by atoms with Crippen molar-refractivity contribution in [2.75, 3.05) is 19.0 Å². The fourth-order valence-electron chi connectivity index (χ4n) is 1.68. The standard InChI is InChI=1S/C15H16N2O4/c1-10-3-8-13(21-10)15(19)16-9-14(18)17-11-4-6-12(20-2)7-5-11/h3-8H,9H2,1-2H3,(H,16,19)(H,17,18). The van der Waals surface area contributed by atoms with Crippen molar-refractivity contribution in [3.63, 3.8) is 0 Å². The maximum atomic E-state index is 11.7. The molecule has 0 bridgehead atoms. The van der Waals surface area contributed by atoms with Crippen molar-refractivity contribution in [2.24, 2.45) is 0 Å². The highest BCUT2D eigenvalue weighted by atomic mass is 16.5. The van der Waals surface area contributed by atoms with Crippen molar-refractivity contribution < 1.29 is 18.7 Å². The predicted octanol–water partition coefficient (Wildman–Crippen LogP) is 1.97. The number of carbonyl (C=O) groups is 2. The number of benzene rings is 1. The van der Waals surface area contributed by atoms with Gasteiger partial charge in [-0.3, -0.25) is 9.59 Å². The fraction of sp³-hybridized carbons (Fsp3) is 0.200. The number of anilines is 1. The monoisotopic (exact) mass is 288 g/mol. The third kappa shape index (κ3) is 4.10. The molecule has 0 aliphatic rings. The average Bonchev–Trinajstić information content (AvgIpc) is 2.92. The van der Waals surface area contributed by atoms with E-state index in [1.807, 2.05) is 0 Å². The van der Waals surface area contributed by atoms with Crippen LogP contribution in [-0.4, -0.2) is 25.5 Å². The van der Waals surface area contributed by atoms with Crippen molar-refractivity contribution >= 4 is 17.5 Å². The Kier molecular flexibility index (Phi) is 4.61. The number of furan rings is 1. The molecular weight excluding hydrogens is 272 g/mol. The summed E-state index contributed by atoms with van der Waals surface area (Å²) in [4.78, 5) is 23.4. The second kappa shape index (κ2) is 6.60. The van der Waals surface area contributed by atoms with E-state index in [2.05, 4.69) is 10.6 Å². The van der Waals surface area contributed by atoms with Crippen LogP contribution < -0.4 is 15.4 Å². The van der Waals surface area contributed by atoms with Gasteiger partial charge in [-0.2, -0.15) is 0 Å². The van der Waals surface area contributed by atoms with Gasteiger partial charge in [-0.25, -0.2) is 0 Å². The van der Waals surface area contributed by atoms with Crippen molar-refractivity contribution in [3.05, 3.63) is 47.9 Å². The molecule has 110 valence electrons. The maximum Gasteiger partial charge on any atom is 0.287 e. The Balaban J connectivity index is 1.82. The van der Waals surface area contributed by atoms with E-state index < -0.39 is 5.91 Å². The van der Waals surface area contributed by atoms with Gasteiger partial charge in [0.1, 0.15) is 11.5 Å². The van der Waals surface area contributed by atoms with Gasteiger partial charge < -0.3 is 19.8 Å². The van der Waals surface area contributed by atoms with Crippen LogP contribution in [0.25, 0.3) is 0 Å². The topological polar surface area (TPSA) is 80.6 Å². The molecule has 2 N–H and O–H groups in total. The minimum Gasteiger partial charge on any atom is -0.497 e. The minimum absolute atomic E-state index is 0.134. The van der Waals surface area contributed by atoms with E-state index in [1.54, 1.807) is 50.4 Å². The number of hydrogen-bond donors (Lipinski definition) is 2. The molecule has 1 heterocycles. The number of hydrogen-bond acceptors (Lipinski definition) is 4. The van der Waals surface area contributed by atoms with Crippen molar-refractivity contribution in [2.45, 2.75) is 6.92 Å². The predicted molar refractivity (Wildman–Crippen MR) is 77.4 cm³/mol. The largest absolute Gasteiger partial charge is 0.497 e. The van der Waals surface area contributed by atoms with E-state index in [9.17, 15) is 9.59 Å². The average molecular weight is 288 g/mol. The van der Waals surface area contributed by atoms with E-state index in [0.29, 0.717) is 17.2 Å². The molecule has 0 fully saturated rings. The van der Waals surface area contributed by atoms with Gasteiger partial charge in [0.2, 0.25) is 5.91 Å². The molecule has 2 amide bonds. The van der Waals surface area contributed by atoms with Crippen molar-refractivity contribution in [3.8, 4) is 5.75 Å². The van der Waals surface area contributed by atoms with Gasteiger partial charge in [0.05, 0.1) is 13.7 Å². The van der Waals surface area contributed by atoms with Crippen LogP contribution in [0.3, 0.4) is 0 Å². The Morgan fingerprint density at radius 2 is 1.86 bits per heavy atom. The van der Waals surface area contributed by atoms with E-state index in [0.717, 1.165) is 0 Å². The molecule has 2 rings (SSSR count). The van der Waals surface area contributed by atoms with Crippen LogP contribution in [0, 0.1) is 6.92 Å². The fourth-order valence-corrected chi connectivity index (χ4v) is 1.68. The first-order valence-corrected chi connectivity index (χ1v) is 6.37. The molecule has 0 saturated carbocycles. The van der Waals surface area contributed by atoms with Gasteiger partial charge in [0.15, 0.2) is 5.76 Å². The summed E-state index contributed by atoms with van der Waals surface area (Å²) < 4.78 is 10.2. The zero-order chi connectivity index (χ0) is 15.2. The molecule has 0 atom stereocenters. The van der Waals surface area contributed by atoms with E-state index in [1.165, 1.54) is 0 Å². The van der Waals surface area contributed by atoms with E-state index >= 15 is 0 Å². The van der Waals surface area contributed by atoms with E-state index in [-0.39, 0.29) is 18.2 Å². The van der Waals surface area contributed by atoms with Crippen molar-refractivity contribution in [1.82, 2.24) is 5.32 Å². The molecule has 6 nitrogen and oxygen atoms in total. The third-order valence-corrected chi connectivity index (χ3v) is 2.75. The molecular formula is C15H16N2O4. The van der Waals surface area contributed by atoms with Crippen molar-refractivity contribution in [1.29, 1.82) is 0 Å². The molecule has 0 spiro atoms. The van der Waals surface area contributed by atoms with E-state index in [4.69, 9.17) is 9.15 Å². The summed E-state index contributed by atoms with van der Waals surface area (Å²) in [6.45, 7) is 1.61. The van der Waals surface area contributed by atoms with Gasteiger partial charge in [-0.15, -0.1) is 0 Å². The Labute approximate surface area is 122 Å². The normalized spacial score (nSPS) is 10.0. The molecule has 0 radical (unpaired) electrons. The first-order chi connectivity index (χ1) is 10.1. The number of amides is 2. The highest BCUT2D eigenvalue weighted by Gasteiger charge is 2.11. The summed E-state index contributed by atoms with van der Waals surface area (Å²) in [6.07, 6.45) is 0. The van der Waals surface area contributed by atoms with Crippen LogP contribution in [-0.2, 0) is 4.79 Å². The number of ether oxygens (including phenoxy) is 1. The molecule has 0 saturated heterocycles. The lowest BCUT2D eigenvalue weighted by Gasteiger charge is -2.07. The zero-order valence-corrected chi connectivity index (χ0v) is 11.8. The molecule has 0 aliphatic heterocycles. The van der Waals surface area contributed by atoms with Gasteiger partial charge >= 0.3 is 0 Å². The highest BCUT2D eigenvalue weighted by molar-refractivity contribution is 5.98. The number of aryl methyl sites for hydroxylation is 1. The minimum atomic E-state index is -0.423. The van der Waals surface area contributed by atoms with Gasteiger partial charge in [0.25, 0.3) is 5.91 Å². The van der Waals surface area contributed by atoms with Crippen LogP contribution >= 0.6 is 0 Å². The maximum absolute atomic E-state index is 11.7. The van der Waals surface area contributed by atoms with Crippen LogP contribution in [0.15, 0.2) is 40.8 Å². The number of methoxy groups -OCH3 is 1. The van der Waals surface area contributed by atoms with Gasteiger partial charge in [-0.1, -0.05) is 0 Å². The number of rotatable bonds is 5. The Morgan fingerprint density at radius 1 is 1.14 bits per heavy atom. The van der Waals surface area contributed by atoms with Crippen LogP contribution in [0.4, 0.5) is 5.69 Å². The third-order valence-electron chi connectivity index (χ3n) is 2.75. The molecule has 0 aliphatic carbocycles. The Hall–Kier alpha value is -2.76. The van der Waals surface area contributed by atoms with Gasteiger partial charge in [-0.05, 0) is 43.3 Å². The summed E-state index contributed by atoms with van der Waals surface area (Å²) in [7, 11) is 1.57. The lowest BCUT2D eigenvalue weighted by molar-refractivity contribution is -0.115. The summed E-state index contributed by atoms with van der Waals surface area (Å²) >= 11 is 0. The second-order valence-corrected chi connectivity index (χ2v) is 4.37. The number of carbonyl (C=O) groups excluding carboxylic acids is 2. The number of nitrogens with one attached hydrogen (secondary N) is 2. The first kappa shape index (κ1) is 14.6. The Bertz CT molecular complexity index is 631. The second-order valence-electron chi connectivity index (χ2n) is 4.37. The SMILES string of the molecule is COc1ccc(NC(=O)CNC(=O)c2ccc(C)o2)cc1. The quantitative estimate of drug-likeness (QED) is 0.881.